The first kappa shape index (κ1) is 19.8. The van der Waals surface area contributed by atoms with E-state index in [0.29, 0.717) is 6.61 Å². The molecule has 2 heterocycles. The van der Waals surface area contributed by atoms with Crippen molar-refractivity contribution in [3.05, 3.63) is 89.8 Å². The highest BCUT2D eigenvalue weighted by Crippen LogP contribution is 2.33. The summed E-state index contributed by atoms with van der Waals surface area (Å²) in [6.07, 6.45) is 0. The second-order valence-electron chi connectivity index (χ2n) is 6.97. The highest BCUT2D eigenvalue weighted by molar-refractivity contribution is 7.98. The maximum absolute atomic E-state index is 5.61. The number of hydrogen-bond donors (Lipinski definition) is 0. The highest BCUT2D eigenvalue weighted by atomic mass is 32.2. The SMILES string of the molecule is CCOc1ccc(-n2c(SCc3cccc4ccccc34)nnc2-c2cccs2)cc1. The molecule has 0 fully saturated rings. The van der Waals surface area contributed by atoms with Crippen LogP contribution >= 0.6 is 23.1 Å². The van der Waals surface area contributed by atoms with E-state index >= 15 is 0 Å². The van der Waals surface area contributed by atoms with Gasteiger partial charge in [0.25, 0.3) is 0 Å². The van der Waals surface area contributed by atoms with Crippen LogP contribution in [0.15, 0.2) is 89.4 Å². The third-order valence-corrected chi connectivity index (χ3v) is 6.86. The van der Waals surface area contributed by atoms with Crippen LogP contribution in [-0.4, -0.2) is 21.4 Å². The Kier molecular flexibility index (Phi) is 5.74. The monoisotopic (exact) mass is 443 g/mol. The summed E-state index contributed by atoms with van der Waals surface area (Å²) in [6, 6.07) is 27.2. The third kappa shape index (κ3) is 4.09. The average Bonchev–Trinajstić information content (AvgIpc) is 3.48. The molecule has 0 aliphatic rings. The molecule has 6 heteroatoms. The van der Waals surface area contributed by atoms with Gasteiger partial charge in [-0.1, -0.05) is 60.3 Å². The van der Waals surface area contributed by atoms with Gasteiger partial charge in [-0.05, 0) is 59.0 Å². The zero-order valence-electron chi connectivity index (χ0n) is 17.1. The van der Waals surface area contributed by atoms with Crippen LogP contribution in [0.2, 0.25) is 0 Å². The zero-order chi connectivity index (χ0) is 21.0. The molecule has 5 rings (SSSR count). The normalized spacial score (nSPS) is 11.1. The van der Waals surface area contributed by atoms with Crippen molar-refractivity contribution in [2.75, 3.05) is 6.61 Å². The number of rotatable bonds is 7. The van der Waals surface area contributed by atoms with Crippen LogP contribution in [-0.2, 0) is 5.75 Å². The average molecular weight is 444 g/mol. The molecule has 0 aliphatic carbocycles. The summed E-state index contributed by atoms with van der Waals surface area (Å²) in [5.41, 5.74) is 2.32. The molecular formula is C25H21N3OS2. The van der Waals surface area contributed by atoms with Gasteiger partial charge in [-0.3, -0.25) is 4.57 Å². The van der Waals surface area contributed by atoms with Crippen molar-refractivity contribution >= 4 is 33.9 Å². The predicted octanol–water partition coefficient (Wildman–Crippen LogP) is 6.84. The van der Waals surface area contributed by atoms with Crippen LogP contribution in [0.3, 0.4) is 0 Å². The first-order valence-corrected chi connectivity index (χ1v) is 12.0. The largest absolute Gasteiger partial charge is 0.494 e. The van der Waals surface area contributed by atoms with Gasteiger partial charge < -0.3 is 4.74 Å². The standard InChI is InChI=1S/C25H21N3OS2/c1-2-29-21-14-12-20(13-15-21)28-24(23-11-6-16-30-23)26-27-25(28)31-17-19-9-5-8-18-7-3-4-10-22(18)19/h3-16H,2,17H2,1H3. The summed E-state index contributed by atoms with van der Waals surface area (Å²) < 4.78 is 7.75. The number of thiophene rings is 1. The van der Waals surface area contributed by atoms with Gasteiger partial charge in [-0.25, -0.2) is 0 Å². The Balaban J connectivity index is 1.51. The van der Waals surface area contributed by atoms with Crippen LogP contribution in [0.4, 0.5) is 0 Å². The predicted molar refractivity (Wildman–Crippen MR) is 129 cm³/mol. The van der Waals surface area contributed by atoms with E-state index in [1.807, 2.05) is 25.1 Å². The number of thioether (sulfide) groups is 1. The summed E-state index contributed by atoms with van der Waals surface area (Å²) >= 11 is 3.37. The van der Waals surface area contributed by atoms with E-state index in [0.717, 1.165) is 33.0 Å². The Hall–Kier alpha value is -3.09. The molecule has 0 N–H and O–H groups in total. The summed E-state index contributed by atoms with van der Waals surface area (Å²) in [5, 5.41) is 14.6. The molecular weight excluding hydrogens is 422 g/mol. The van der Waals surface area contributed by atoms with E-state index in [1.54, 1.807) is 23.1 Å². The molecule has 3 aromatic carbocycles. The van der Waals surface area contributed by atoms with Crippen LogP contribution in [0, 0.1) is 0 Å². The maximum atomic E-state index is 5.61. The van der Waals surface area contributed by atoms with Gasteiger partial charge in [-0.15, -0.1) is 21.5 Å². The number of fused-ring (bicyclic) bond motifs is 1. The van der Waals surface area contributed by atoms with Gasteiger partial charge in [0.1, 0.15) is 5.75 Å². The lowest BCUT2D eigenvalue weighted by atomic mass is 10.1. The van der Waals surface area contributed by atoms with Gasteiger partial charge in [-0.2, -0.15) is 0 Å². The van der Waals surface area contributed by atoms with Crippen LogP contribution < -0.4 is 4.74 Å². The molecule has 0 unspecified atom stereocenters. The van der Waals surface area contributed by atoms with Gasteiger partial charge >= 0.3 is 0 Å². The molecule has 0 aliphatic heterocycles. The van der Waals surface area contributed by atoms with E-state index < -0.39 is 0 Å². The van der Waals surface area contributed by atoms with Gasteiger partial charge in [0.05, 0.1) is 17.2 Å². The molecule has 0 bridgehead atoms. The number of hydrogen-bond acceptors (Lipinski definition) is 5. The third-order valence-electron chi connectivity index (χ3n) is 5.02. The molecule has 2 aromatic heterocycles. The van der Waals surface area contributed by atoms with Crippen LogP contribution in [0.1, 0.15) is 12.5 Å². The van der Waals surface area contributed by atoms with Gasteiger partial charge in [0.2, 0.25) is 0 Å². The van der Waals surface area contributed by atoms with Crippen molar-refractivity contribution in [2.45, 2.75) is 17.8 Å². The minimum Gasteiger partial charge on any atom is -0.494 e. The quantitative estimate of drug-likeness (QED) is 0.258. The summed E-state index contributed by atoms with van der Waals surface area (Å²) in [6.45, 7) is 2.64. The van der Waals surface area contributed by atoms with Crippen molar-refractivity contribution in [1.82, 2.24) is 14.8 Å². The van der Waals surface area contributed by atoms with E-state index in [9.17, 15) is 0 Å². The van der Waals surface area contributed by atoms with Crippen LogP contribution in [0.25, 0.3) is 27.2 Å². The fourth-order valence-electron chi connectivity index (χ4n) is 3.58. The Bertz CT molecular complexity index is 1290. The number of nitrogens with zero attached hydrogens (tertiary/aromatic N) is 3. The summed E-state index contributed by atoms with van der Waals surface area (Å²) in [5.74, 6) is 2.54. The number of ether oxygens (including phenoxy) is 1. The molecule has 5 aromatic rings. The first-order chi connectivity index (χ1) is 15.3. The molecule has 4 nitrogen and oxygen atoms in total. The lowest BCUT2D eigenvalue weighted by Gasteiger charge is -2.11. The topological polar surface area (TPSA) is 39.9 Å². The highest BCUT2D eigenvalue weighted by Gasteiger charge is 2.17. The Morgan fingerprint density at radius 3 is 2.55 bits per heavy atom. The fourth-order valence-corrected chi connectivity index (χ4v) is 5.23. The fraction of sp³-hybridized carbons (Fsp3) is 0.120. The molecule has 0 atom stereocenters. The van der Waals surface area contributed by atoms with Crippen molar-refractivity contribution in [3.8, 4) is 22.1 Å². The minimum absolute atomic E-state index is 0.651. The molecule has 0 amide bonds. The van der Waals surface area contributed by atoms with Crippen molar-refractivity contribution in [1.29, 1.82) is 0 Å². The Morgan fingerprint density at radius 1 is 0.903 bits per heavy atom. The first-order valence-electron chi connectivity index (χ1n) is 10.2. The molecule has 0 saturated carbocycles. The second kappa shape index (κ2) is 8.96. The van der Waals surface area contributed by atoms with Crippen molar-refractivity contribution in [3.63, 3.8) is 0 Å². The van der Waals surface area contributed by atoms with Crippen LogP contribution in [0.5, 0.6) is 5.75 Å². The van der Waals surface area contributed by atoms with Gasteiger partial charge in [0, 0.05) is 5.75 Å². The van der Waals surface area contributed by atoms with E-state index in [4.69, 9.17) is 4.74 Å². The second-order valence-corrected chi connectivity index (χ2v) is 8.86. The molecule has 0 radical (unpaired) electrons. The summed E-state index contributed by atoms with van der Waals surface area (Å²) in [4.78, 5) is 1.10. The number of benzene rings is 3. The lowest BCUT2D eigenvalue weighted by molar-refractivity contribution is 0.340. The van der Waals surface area contributed by atoms with Crippen molar-refractivity contribution < 1.29 is 4.74 Å². The molecule has 31 heavy (non-hydrogen) atoms. The van der Waals surface area contributed by atoms with Gasteiger partial charge in [0.15, 0.2) is 11.0 Å². The molecule has 154 valence electrons. The lowest BCUT2D eigenvalue weighted by Crippen LogP contribution is -2.00. The Morgan fingerprint density at radius 2 is 1.74 bits per heavy atom. The maximum Gasteiger partial charge on any atom is 0.196 e. The van der Waals surface area contributed by atoms with E-state index in [-0.39, 0.29) is 0 Å². The van der Waals surface area contributed by atoms with E-state index in [2.05, 4.69) is 80.8 Å². The Labute approximate surface area is 189 Å². The zero-order valence-corrected chi connectivity index (χ0v) is 18.7. The summed E-state index contributed by atoms with van der Waals surface area (Å²) in [7, 11) is 0. The van der Waals surface area contributed by atoms with E-state index in [1.165, 1.54) is 16.3 Å². The molecule has 0 saturated heterocycles. The number of aromatic nitrogens is 3. The van der Waals surface area contributed by atoms with Crippen molar-refractivity contribution in [2.24, 2.45) is 0 Å². The molecule has 0 spiro atoms. The smallest absolute Gasteiger partial charge is 0.196 e. The minimum atomic E-state index is 0.651.